The van der Waals surface area contributed by atoms with Gasteiger partial charge in [0, 0.05) is 34.0 Å². The lowest BCUT2D eigenvalue weighted by Gasteiger charge is -2.31. The van der Waals surface area contributed by atoms with Crippen molar-refractivity contribution in [3.8, 4) is 0 Å². The third kappa shape index (κ3) is 1.67. The highest BCUT2D eigenvalue weighted by Crippen LogP contribution is 2.91. The number of allylic oxidation sites excluding steroid dienone is 4. The van der Waals surface area contributed by atoms with Crippen LogP contribution in [0.1, 0.15) is 100 Å². The summed E-state index contributed by atoms with van der Waals surface area (Å²) in [6.45, 7) is 5.10. The molecule has 0 aliphatic heterocycles. The third-order valence-corrected chi connectivity index (χ3v) is 15.2. The summed E-state index contributed by atoms with van der Waals surface area (Å²) in [4.78, 5) is 12.6. The van der Waals surface area contributed by atoms with Gasteiger partial charge in [-0.05, 0) is 136 Å². The number of esters is 1. The van der Waals surface area contributed by atoms with E-state index in [1.54, 1.807) is 99.1 Å². The highest BCUT2D eigenvalue weighted by atomic mass is 16.5. The number of hydrogen-bond donors (Lipinski definition) is 0. The summed E-state index contributed by atoms with van der Waals surface area (Å²) in [6, 6.07) is 16.7. The van der Waals surface area contributed by atoms with E-state index in [-0.39, 0.29) is 27.6 Å². The molecular weight excluding hydrogens is 560 g/mol. The Morgan fingerprint density at radius 2 is 1.74 bits per heavy atom. The second kappa shape index (κ2) is 6.16. The molecule has 2 heteroatoms. The number of hydrogen-bond acceptors (Lipinski definition) is 2. The molecule has 0 N–H and O–H groups in total. The molecule has 0 amide bonds. The largest absolute Gasteiger partial charge is 0.469 e. The summed E-state index contributed by atoms with van der Waals surface area (Å²) >= 11 is 0. The van der Waals surface area contributed by atoms with Crippen molar-refractivity contribution >= 4 is 55.5 Å². The summed E-state index contributed by atoms with van der Waals surface area (Å²) in [5.74, 6) is 0.384. The molecule has 5 aromatic carbocycles. The summed E-state index contributed by atoms with van der Waals surface area (Å²) in [5, 5.41) is 9.63. The molecular formula is C44H30O2. The van der Waals surface area contributed by atoms with Crippen molar-refractivity contribution in [1.82, 2.24) is 0 Å². The van der Waals surface area contributed by atoms with Gasteiger partial charge in [-0.2, -0.15) is 0 Å². The molecule has 1 saturated carbocycles. The van der Waals surface area contributed by atoms with E-state index in [1.807, 2.05) is 0 Å². The Morgan fingerprint density at radius 1 is 0.913 bits per heavy atom. The number of methoxy groups -OCH3 is 1. The molecule has 5 atom stereocenters. The van der Waals surface area contributed by atoms with E-state index in [4.69, 9.17) is 4.74 Å². The van der Waals surface area contributed by atoms with Crippen LogP contribution in [0.15, 0.2) is 60.2 Å². The zero-order valence-corrected chi connectivity index (χ0v) is 26.2. The number of fused-ring (bicyclic) bond motifs is 1. The van der Waals surface area contributed by atoms with E-state index in [0.717, 1.165) is 25.7 Å². The minimum Gasteiger partial charge on any atom is -0.469 e. The van der Waals surface area contributed by atoms with Crippen molar-refractivity contribution in [3.63, 3.8) is 0 Å². The van der Waals surface area contributed by atoms with Gasteiger partial charge in [-0.1, -0.05) is 74.5 Å². The van der Waals surface area contributed by atoms with Gasteiger partial charge in [0.1, 0.15) is 0 Å². The predicted octanol–water partition coefficient (Wildman–Crippen LogP) is 9.07. The standard InChI is InChI=1S/C44H30O2/c1-19-25-16-21-15-23-18-42-13-11-20-14-22-17-41(2)37(19)34-30(25)31-27(21)28(23)40-36-32(31)35(34)39(41)29(22)33(36)38(20)44(40,42)43(42,12-7-10-26(45)46-3)24-8-5-4-6-9-24/h4-6,8-9,11,13-14,16,18-19H,7,10,12,15,17H2,1-3H3. The Bertz CT molecular complexity index is 2700. The number of carbonyl (C=O) groups is 1. The molecule has 2 nitrogen and oxygen atoms in total. The number of rotatable bonds is 5. The second-order valence-corrected chi connectivity index (χ2v) is 16.3. The van der Waals surface area contributed by atoms with Crippen LogP contribution in [-0.4, -0.2) is 13.1 Å². The zero-order chi connectivity index (χ0) is 30.0. The summed E-state index contributed by atoms with van der Waals surface area (Å²) in [6.07, 6.45) is 12.3. The van der Waals surface area contributed by atoms with Crippen LogP contribution in [0, 0.1) is 5.41 Å². The number of benzene rings is 5. The maximum Gasteiger partial charge on any atom is 0.305 e. The van der Waals surface area contributed by atoms with Crippen LogP contribution in [-0.2, 0) is 38.6 Å². The average Bonchev–Trinajstić information content (AvgIpc) is 3.69. The first-order valence-corrected chi connectivity index (χ1v) is 17.4. The summed E-state index contributed by atoms with van der Waals surface area (Å²) in [7, 11) is 1.53. The maximum absolute atomic E-state index is 12.6. The van der Waals surface area contributed by atoms with Crippen molar-refractivity contribution in [2.24, 2.45) is 5.41 Å². The molecule has 9 aliphatic rings. The number of carbonyl (C=O) groups excluding carboxylic acids is 1. The SMILES string of the molecule is COC(=O)CCCC1(c2ccccc2)C23C=Cc4cc5c6c7c8c9c%10c%11c(cc%12c%10c(c%10c9c6c4C%1021)C(=C3)C%12)C(C)C(=C%118)C7(C)C5. The Balaban J connectivity index is 1.24. The van der Waals surface area contributed by atoms with E-state index in [2.05, 4.69) is 74.5 Å². The van der Waals surface area contributed by atoms with Crippen molar-refractivity contribution in [1.29, 1.82) is 0 Å². The predicted molar refractivity (Wildman–Crippen MR) is 182 cm³/mol. The first-order valence-electron chi connectivity index (χ1n) is 17.4. The van der Waals surface area contributed by atoms with Crippen LogP contribution in [0.4, 0.5) is 0 Å². The number of ether oxygens (including phenoxy) is 1. The van der Waals surface area contributed by atoms with E-state index in [1.165, 1.54) is 18.2 Å². The van der Waals surface area contributed by atoms with Gasteiger partial charge in [0.2, 0.25) is 0 Å². The third-order valence-electron chi connectivity index (χ3n) is 15.2. The van der Waals surface area contributed by atoms with Gasteiger partial charge >= 0.3 is 5.97 Å². The summed E-state index contributed by atoms with van der Waals surface area (Å²) in [5.41, 5.74) is 21.9. The molecule has 9 aliphatic carbocycles. The fourth-order valence-corrected chi connectivity index (χ4v) is 14.4. The molecule has 0 saturated heterocycles. The Morgan fingerprint density at radius 3 is 2.59 bits per heavy atom. The van der Waals surface area contributed by atoms with E-state index in [9.17, 15) is 4.79 Å². The first-order chi connectivity index (χ1) is 22.4. The van der Waals surface area contributed by atoms with Gasteiger partial charge < -0.3 is 4.74 Å². The molecule has 5 aromatic rings. The van der Waals surface area contributed by atoms with Crippen LogP contribution < -0.4 is 0 Å². The van der Waals surface area contributed by atoms with Crippen LogP contribution in [0.25, 0.3) is 49.5 Å². The van der Waals surface area contributed by atoms with Gasteiger partial charge in [-0.15, -0.1) is 0 Å². The molecule has 1 spiro atoms. The van der Waals surface area contributed by atoms with Gasteiger partial charge in [-0.3, -0.25) is 4.79 Å². The van der Waals surface area contributed by atoms with Crippen LogP contribution >= 0.6 is 0 Å². The normalized spacial score (nSPS) is 32.9. The quantitative estimate of drug-likeness (QED) is 0.148. The van der Waals surface area contributed by atoms with Gasteiger partial charge in [0.15, 0.2) is 0 Å². The van der Waals surface area contributed by atoms with Crippen molar-refractivity contribution in [2.75, 3.05) is 7.11 Å². The zero-order valence-electron chi connectivity index (χ0n) is 26.2. The summed E-state index contributed by atoms with van der Waals surface area (Å²) < 4.78 is 5.18. The topological polar surface area (TPSA) is 26.3 Å². The van der Waals surface area contributed by atoms with Crippen molar-refractivity contribution in [2.45, 2.75) is 68.1 Å². The molecule has 0 bridgehead atoms. The Hall–Kier alpha value is -4.43. The Kier molecular flexibility index (Phi) is 3.08. The minimum absolute atomic E-state index is 0.0808. The smallest absolute Gasteiger partial charge is 0.305 e. The molecule has 5 unspecified atom stereocenters. The van der Waals surface area contributed by atoms with Gasteiger partial charge in [0.05, 0.1) is 7.11 Å². The Labute approximate surface area is 266 Å². The lowest BCUT2D eigenvalue weighted by atomic mass is 9.70. The minimum atomic E-state index is -0.160. The molecule has 0 heterocycles. The molecule has 0 aromatic heterocycles. The van der Waals surface area contributed by atoms with Crippen LogP contribution in [0.5, 0.6) is 0 Å². The van der Waals surface area contributed by atoms with Gasteiger partial charge in [0.25, 0.3) is 0 Å². The molecule has 0 radical (unpaired) electrons. The fourth-order valence-electron chi connectivity index (χ4n) is 14.4. The van der Waals surface area contributed by atoms with E-state index >= 15 is 0 Å². The first kappa shape index (κ1) is 23.0. The van der Waals surface area contributed by atoms with E-state index < -0.39 is 0 Å². The van der Waals surface area contributed by atoms with Crippen LogP contribution in [0.3, 0.4) is 0 Å². The molecule has 218 valence electrons. The lowest BCUT2D eigenvalue weighted by Crippen LogP contribution is -2.26. The fraction of sp³-hybridized carbons (Fsp3) is 0.295. The molecule has 14 rings (SSSR count). The monoisotopic (exact) mass is 590 g/mol. The van der Waals surface area contributed by atoms with Crippen molar-refractivity contribution < 1.29 is 9.53 Å². The van der Waals surface area contributed by atoms with Crippen molar-refractivity contribution in [3.05, 3.63) is 121 Å². The maximum atomic E-state index is 12.6. The van der Waals surface area contributed by atoms with E-state index in [0.29, 0.717) is 12.3 Å². The van der Waals surface area contributed by atoms with Crippen LogP contribution in [0.2, 0.25) is 0 Å². The second-order valence-electron chi connectivity index (χ2n) is 16.3. The highest BCUT2D eigenvalue weighted by molar-refractivity contribution is 6.39. The molecule has 1 fully saturated rings. The average molecular weight is 591 g/mol. The van der Waals surface area contributed by atoms with Gasteiger partial charge in [-0.25, -0.2) is 0 Å². The highest BCUT2D eigenvalue weighted by Gasteiger charge is 2.89. The lowest BCUT2D eigenvalue weighted by molar-refractivity contribution is -0.140. The molecule has 46 heavy (non-hydrogen) atoms.